The lowest BCUT2D eigenvalue weighted by Crippen LogP contribution is -1.95. The molecule has 0 spiro atoms. The van der Waals surface area contributed by atoms with Crippen molar-refractivity contribution in [1.29, 1.82) is 0 Å². The third-order valence-corrected chi connectivity index (χ3v) is 4.59. The molecule has 2 heterocycles. The van der Waals surface area contributed by atoms with E-state index < -0.39 is 0 Å². The summed E-state index contributed by atoms with van der Waals surface area (Å²) in [6.07, 6.45) is 0.474. The second-order valence-electron chi connectivity index (χ2n) is 5.27. The van der Waals surface area contributed by atoms with E-state index in [1.165, 1.54) is 12.1 Å². The number of rotatable bonds is 4. The van der Waals surface area contributed by atoms with Gasteiger partial charge in [-0.05, 0) is 35.4 Å². The molecule has 5 nitrogen and oxygen atoms in total. The lowest BCUT2D eigenvalue weighted by atomic mass is 10.1. The van der Waals surface area contributed by atoms with Crippen molar-refractivity contribution in [2.45, 2.75) is 13.0 Å². The van der Waals surface area contributed by atoms with Crippen molar-refractivity contribution < 1.29 is 8.81 Å². The van der Waals surface area contributed by atoms with Crippen LogP contribution in [0.3, 0.4) is 0 Å². The van der Waals surface area contributed by atoms with E-state index in [2.05, 4.69) is 15.2 Å². The van der Waals surface area contributed by atoms with Gasteiger partial charge < -0.3 is 10.2 Å². The highest BCUT2D eigenvalue weighted by atomic mass is 32.1. The van der Waals surface area contributed by atoms with Crippen molar-refractivity contribution in [3.63, 3.8) is 0 Å². The van der Waals surface area contributed by atoms with E-state index in [0.29, 0.717) is 18.2 Å². The number of hydrogen-bond acceptors (Lipinski definition) is 6. The summed E-state index contributed by atoms with van der Waals surface area (Å²) in [6, 6.07) is 12.5. The first-order valence-electron chi connectivity index (χ1n) is 7.38. The van der Waals surface area contributed by atoms with E-state index >= 15 is 0 Å². The van der Waals surface area contributed by atoms with E-state index in [1.54, 1.807) is 17.4 Å². The normalized spacial score (nSPS) is 11.2. The Hall–Kier alpha value is -2.64. The van der Waals surface area contributed by atoms with Crippen molar-refractivity contribution in [3.8, 4) is 11.1 Å². The lowest BCUT2D eigenvalue weighted by Gasteiger charge is -2.01. The van der Waals surface area contributed by atoms with E-state index in [-0.39, 0.29) is 12.4 Å². The highest BCUT2D eigenvalue weighted by Gasteiger charge is 2.11. The Morgan fingerprint density at radius 1 is 1.04 bits per heavy atom. The third-order valence-electron chi connectivity index (χ3n) is 3.58. The number of thiazole rings is 1. The van der Waals surface area contributed by atoms with Crippen LogP contribution in [0, 0.1) is 5.82 Å². The van der Waals surface area contributed by atoms with Gasteiger partial charge in [0, 0.05) is 0 Å². The van der Waals surface area contributed by atoms with Crippen LogP contribution in [0.5, 0.6) is 0 Å². The van der Waals surface area contributed by atoms with Gasteiger partial charge in [-0.2, -0.15) is 0 Å². The number of hydrogen-bond donors (Lipinski definition) is 1. The average Bonchev–Trinajstić information content (AvgIpc) is 3.20. The van der Waals surface area contributed by atoms with Gasteiger partial charge in [-0.1, -0.05) is 18.2 Å². The van der Waals surface area contributed by atoms with E-state index in [4.69, 9.17) is 10.2 Å². The summed E-state index contributed by atoms with van der Waals surface area (Å²) in [5, 5.41) is 8.69. The summed E-state index contributed by atoms with van der Waals surface area (Å²) in [6.45, 7) is 0.226. The zero-order valence-electron chi connectivity index (χ0n) is 12.6. The molecule has 0 atom stereocenters. The van der Waals surface area contributed by atoms with Gasteiger partial charge in [0.25, 0.3) is 0 Å². The van der Waals surface area contributed by atoms with E-state index in [1.807, 2.05) is 24.3 Å². The molecule has 0 aliphatic carbocycles. The van der Waals surface area contributed by atoms with Crippen LogP contribution in [0.4, 0.5) is 4.39 Å². The second-order valence-corrected chi connectivity index (χ2v) is 6.39. The van der Waals surface area contributed by atoms with Crippen LogP contribution in [0.2, 0.25) is 0 Å². The Kier molecular flexibility index (Phi) is 3.79. The summed E-state index contributed by atoms with van der Waals surface area (Å²) in [7, 11) is 0. The van der Waals surface area contributed by atoms with Crippen molar-refractivity contribution >= 4 is 21.6 Å². The molecule has 0 fully saturated rings. The smallest absolute Gasteiger partial charge is 0.230 e. The van der Waals surface area contributed by atoms with E-state index in [0.717, 1.165) is 26.4 Å². The molecule has 24 heavy (non-hydrogen) atoms. The van der Waals surface area contributed by atoms with Gasteiger partial charge in [-0.15, -0.1) is 21.5 Å². The van der Waals surface area contributed by atoms with E-state index in [9.17, 15) is 4.39 Å². The van der Waals surface area contributed by atoms with Gasteiger partial charge in [-0.25, -0.2) is 9.37 Å². The number of fused-ring (bicyclic) bond motifs is 1. The summed E-state index contributed by atoms with van der Waals surface area (Å²) >= 11 is 1.56. The van der Waals surface area contributed by atoms with Gasteiger partial charge in [-0.3, -0.25) is 0 Å². The zero-order valence-corrected chi connectivity index (χ0v) is 13.4. The average molecular weight is 340 g/mol. The van der Waals surface area contributed by atoms with Crippen LogP contribution in [-0.2, 0) is 13.0 Å². The number of benzene rings is 2. The largest absolute Gasteiger partial charge is 0.423 e. The fourth-order valence-electron chi connectivity index (χ4n) is 2.47. The number of aromatic nitrogens is 3. The highest BCUT2D eigenvalue weighted by Crippen LogP contribution is 2.29. The first-order chi connectivity index (χ1) is 11.7. The monoisotopic (exact) mass is 340 g/mol. The first-order valence-corrected chi connectivity index (χ1v) is 8.19. The molecule has 0 saturated carbocycles. The predicted molar refractivity (Wildman–Crippen MR) is 90.0 cm³/mol. The minimum atomic E-state index is -0.246. The van der Waals surface area contributed by atoms with Gasteiger partial charge >= 0.3 is 0 Å². The number of nitrogens with two attached hydrogens (primary N) is 1. The molecule has 0 aliphatic heterocycles. The van der Waals surface area contributed by atoms with Crippen LogP contribution in [0.15, 0.2) is 46.9 Å². The number of halogens is 1. The molecule has 0 unspecified atom stereocenters. The number of nitrogens with zero attached hydrogens (tertiary/aromatic N) is 3. The quantitative estimate of drug-likeness (QED) is 0.615. The Balaban J connectivity index is 1.65. The predicted octanol–water partition coefficient (Wildman–Crippen LogP) is 3.53. The maximum absolute atomic E-state index is 13.4. The lowest BCUT2D eigenvalue weighted by molar-refractivity contribution is 0.459. The molecule has 4 rings (SSSR count). The molecule has 0 amide bonds. The molecule has 2 aromatic heterocycles. The summed E-state index contributed by atoms with van der Waals surface area (Å²) < 4.78 is 19.9. The molecule has 7 heteroatoms. The van der Waals surface area contributed by atoms with Crippen LogP contribution in [-0.4, -0.2) is 15.2 Å². The summed E-state index contributed by atoms with van der Waals surface area (Å²) in [4.78, 5) is 4.58. The molecule has 0 bridgehead atoms. The minimum Gasteiger partial charge on any atom is -0.423 e. The van der Waals surface area contributed by atoms with Gasteiger partial charge in [0.2, 0.25) is 11.8 Å². The summed E-state index contributed by atoms with van der Waals surface area (Å²) in [5.41, 5.74) is 8.16. The molecule has 0 aliphatic rings. The molecule has 2 aromatic carbocycles. The molecule has 4 aromatic rings. The SMILES string of the molecule is NCc1nnc(Cc2nc3ccc(-c4cccc(F)c4)cc3s2)o1. The Labute approximate surface area is 141 Å². The molecule has 120 valence electrons. The fraction of sp³-hybridized carbons (Fsp3) is 0.118. The Morgan fingerprint density at radius 3 is 2.67 bits per heavy atom. The standard InChI is InChI=1S/C17H13FN4OS/c18-12-3-1-2-10(6-12)11-4-5-13-14(7-11)24-17(20-13)8-15-21-22-16(9-19)23-15/h1-7H,8-9,19H2. The van der Waals surface area contributed by atoms with Crippen molar-refractivity contribution in [2.75, 3.05) is 0 Å². The fourth-order valence-corrected chi connectivity index (χ4v) is 3.46. The Morgan fingerprint density at radius 2 is 1.88 bits per heavy atom. The maximum atomic E-state index is 13.4. The summed E-state index contributed by atoms with van der Waals surface area (Å²) in [5.74, 6) is 0.670. The molecule has 2 N–H and O–H groups in total. The Bertz CT molecular complexity index is 1010. The third kappa shape index (κ3) is 2.91. The van der Waals surface area contributed by atoms with Crippen LogP contribution >= 0.6 is 11.3 Å². The topological polar surface area (TPSA) is 77.8 Å². The van der Waals surface area contributed by atoms with Crippen molar-refractivity contribution in [1.82, 2.24) is 15.2 Å². The van der Waals surface area contributed by atoms with Crippen LogP contribution < -0.4 is 5.73 Å². The van der Waals surface area contributed by atoms with Gasteiger partial charge in [0.05, 0.1) is 23.2 Å². The molecule has 0 saturated heterocycles. The van der Waals surface area contributed by atoms with Crippen molar-refractivity contribution in [3.05, 3.63) is 65.1 Å². The van der Waals surface area contributed by atoms with Crippen molar-refractivity contribution in [2.24, 2.45) is 5.73 Å². The maximum Gasteiger partial charge on any atom is 0.230 e. The zero-order chi connectivity index (χ0) is 16.5. The molecular weight excluding hydrogens is 327 g/mol. The molecule has 0 radical (unpaired) electrons. The van der Waals surface area contributed by atoms with Gasteiger partial charge in [0.1, 0.15) is 10.8 Å². The minimum absolute atomic E-state index is 0.226. The van der Waals surface area contributed by atoms with Gasteiger partial charge in [0.15, 0.2) is 0 Å². The van der Waals surface area contributed by atoms with Crippen LogP contribution in [0.1, 0.15) is 16.8 Å². The highest BCUT2D eigenvalue weighted by molar-refractivity contribution is 7.18. The van der Waals surface area contributed by atoms with Crippen LogP contribution in [0.25, 0.3) is 21.3 Å². The second kappa shape index (κ2) is 6.10. The first kappa shape index (κ1) is 14.9. The molecular formula is C17H13FN4OS.